The van der Waals surface area contributed by atoms with Crippen LogP contribution in [0.3, 0.4) is 0 Å². The number of benzene rings is 3. The number of carbonyl (C=O) groups excluding carboxylic acids is 1. The Kier molecular flexibility index (Phi) is 5.39. The van der Waals surface area contributed by atoms with Crippen LogP contribution in [0.2, 0.25) is 0 Å². The summed E-state index contributed by atoms with van der Waals surface area (Å²) in [6.45, 7) is -0.261. The largest absolute Gasteiger partial charge is 0.394 e. The molecule has 0 radical (unpaired) electrons. The molecule has 3 nitrogen and oxygen atoms in total. The molecule has 0 aliphatic carbocycles. The molecule has 0 aliphatic heterocycles. The maximum Gasteiger partial charge on any atom is 0.244 e. The highest BCUT2D eigenvalue weighted by Gasteiger charge is 2.12. The van der Waals surface area contributed by atoms with Gasteiger partial charge < -0.3 is 10.4 Å². The summed E-state index contributed by atoms with van der Waals surface area (Å²) in [7, 11) is 0. The predicted octanol–water partition coefficient (Wildman–Crippen LogP) is 3.98. The Balaban J connectivity index is 1.72. The smallest absolute Gasteiger partial charge is 0.244 e. The Morgan fingerprint density at radius 2 is 1.77 bits per heavy atom. The summed E-state index contributed by atoms with van der Waals surface area (Å²) in [6, 6.07) is 16.3. The van der Waals surface area contributed by atoms with E-state index in [4.69, 9.17) is 0 Å². The Morgan fingerprint density at radius 3 is 2.50 bits per heavy atom. The zero-order valence-electron chi connectivity index (χ0n) is 13.8. The number of amides is 1. The molecule has 2 N–H and O–H groups in total. The minimum atomic E-state index is -0.975. The van der Waals surface area contributed by atoms with Gasteiger partial charge in [-0.25, -0.2) is 8.78 Å². The van der Waals surface area contributed by atoms with Crippen molar-refractivity contribution in [2.45, 2.75) is 6.04 Å². The van der Waals surface area contributed by atoms with Gasteiger partial charge >= 0.3 is 0 Å². The lowest BCUT2D eigenvalue weighted by molar-refractivity contribution is -0.117. The van der Waals surface area contributed by atoms with Crippen molar-refractivity contribution in [3.05, 3.63) is 89.5 Å². The monoisotopic (exact) mass is 353 g/mol. The third-order valence-corrected chi connectivity index (χ3v) is 4.05. The lowest BCUT2D eigenvalue weighted by Gasteiger charge is -2.16. The molecule has 0 saturated carbocycles. The maximum atomic E-state index is 13.2. The van der Waals surface area contributed by atoms with Crippen molar-refractivity contribution in [1.82, 2.24) is 5.32 Å². The van der Waals surface area contributed by atoms with E-state index in [-0.39, 0.29) is 6.61 Å². The standard InChI is InChI=1S/C21H17F2NO2/c22-18-9-5-14(11-19(18)23)6-10-21(26)24-20(13-25)17-8-7-15-3-1-2-4-16(15)12-17/h1-12,20,25H,13H2,(H,24,26). The number of nitrogens with one attached hydrogen (secondary N) is 1. The average Bonchev–Trinajstić information content (AvgIpc) is 2.66. The SMILES string of the molecule is O=C(C=Cc1ccc(F)c(F)c1)NC(CO)c1ccc2ccccc2c1. The third-order valence-electron chi connectivity index (χ3n) is 4.05. The van der Waals surface area contributed by atoms with Crippen LogP contribution in [0, 0.1) is 11.6 Å². The van der Waals surface area contributed by atoms with E-state index in [0.29, 0.717) is 5.56 Å². The summed E-state index contributed by atoms with van der Waals surface area (Å²) in [6.07, 6.45) is 2.60. The van der Waals surface area contributed by atoms with Crippen molar-refractivity contribution in [2.24, 2.45) is 0 Å². The van der Waals surface area contributed by atoms with E-state index in [9.17, 15) is 18.7 Å². The number of halogens is 2. The van der Waals surface area contributed by atoms with E-state index in [2.05, 4.69) is 5.32 Å². The maximum absolute atomic E-state index is 13.2. The van der Waals surface area contributed by atoms with Crippen molar-refractivity contribution in [3.8, 4) is 0 Å². The Hall–Kier alpha value is -3.05. The van der Waals surface area contributed by atoms with Crippen LogP contribution in [0.1, 0.15) is 17.2 Å². The minimum Gasteiger partial charge on any atom is -0.394 e. The highest BCUT2D eigenvalue weighted by molar-refractivity contribution is 5.92. The molecule has 0 fully saturated rings. The van der Waals surface area contributed by atoms with E-state index in [1.807, 2.05) is 42.5 Å². The van der Waals surface area contributed by atoms with Gasteiger partial charge in [0.1, 0.15) is 0 Å². The zero-order valence-corrected chi connectivity index (χ0v) is 13.8. The fraction of sp³-hybridized carbons (Fsp3) is 0.0952. The molecule has 3 rings (SSSR count). The van der Waals surface area contributed by atoms with E-state index < -0.39 is 23.6 Å². The van der Waals surface area contributed by atoms with Crippen molar-refractivity contribution >= 4 is 22.8 Å². The van der Waals surface area contributed by atoms with Crippen LogP contribution in [0.4, 0.5) is 8.78 Å². The molecule has 0 aromatic heterocycles. The van der Waals surface area contributed by atoms with Gasteiger partial charge in [-0.1, -0.05) is 42.5 Å². The highest BCUT2D eigenvalue weighted by atomic mass is 19.2. The topological polar surface area (TPSA) is 49.3 Å². The van der Waals surface area contributed by atoms with Gasteiger partial charge in [0.15, 0.2) is 11.6 Å². The molecule has 132 valence electrons. The summed E-state index contributed by atoms with van der Waals surface area (Å²) in [4.78, 5) is 12.1. The molecule has 3 aromatic carbocycles. The molecular formula is C21H17F2NO2. The lowest BCUT2D eigenvalue weighted by atomic mass is 10.0. The first-order chi connectivity index (χ1) is 12.6. The van der Waals surface area contributed by atoms with Gasteiger partial charge in [0.2, 0.25) is 5.91 Å². The quantitative estimate of drug-likeness (QED) is 0.682. The normalized spacial score (nSPS) is 12.4. The van der Waals surface area contributed by atoms with E-state index in [1.54, 1.807) is 0 Å². The summed E-state index contributed by atoms with van der Waals surface area (Å²) in [5, 5.41) is 14.4. The summed E-state index contributed by atoms with van der Waals surface area (Å²) in [5.41, 5.74) is 1.14. The first kappa shape index (κ1) is 17.8. The van der Waals surface area contributed by atoms with Gasteiger partial charge in [-0.05, 0) is 46.2 Å². The predicted molar refractivity (Wildman–Crippen MR) is 97.3 cm³/mol. The zero-order chi connectivity index (χ0) is 18.5. The van der Waals surface area contributed by atoms with Crippen molar-refractivity contribution < 1.29 is 18.7 Å². The van der Waals surface area contributed by atoms with Gasteiger partial charge in [0.05, 0.1) is 12.6 Å². The Labute approximate surface area is 149 Å². The summed E-state index contributed by atoms with van der Waals surface area (Å²) in [5.74, 6) is -2.36. The molecule has 1 amide bonds. The minimum absolute atomic E-state index is 0.261. The molecule has 1 atom stereocenters. The molecule has 0 aliphatic rings. The van der Waals surface area contributed by atoms with Crippen molar-refractivity contribution in [3.63, 3.8) is 0 Å². The molecule has 5 heteroatoms. The van der Waals surface area contributed by atoms with Gasteiger partial charge in [-0.2, -0.15) is 0 Å². The molecular weight excluding hydrogens is 336 g/mol. The van der Waals surface area contributed by atoms with Crippen LogP contribution in [0.5, 0.6) is 0 Å². The lowest BCUT2D eigenvalue weighted by Crippen LogP contribution is -2.29. The van der Waals surface area contributed by atoms with Gasteiger partial charge in [0.25, 0.3) is 0 Å². The summed E-state index contributed by atoms with van der Waals surface area (Å²) >= 11 is 0. The third kappa shape index (κ3) is 4.13. The van der Waals surface area contributed by atoms with Gasteiger partial charge in [-0.3, -0.25) is 4.79 Å². The van der Waals surface area contributed by atoms with Crippen molar-refractivity contribution in [1.29, 1.82) is 0 Å². The van der Waals surface area contributed by atoms with Crippen molar-refractivity contribution in [2.75, 3.05) is 6.61 Å². The molecule has 1 unspecified atom stereocenters. The number of aliphatic hydroxyl groups is 1. The Bertz CT molecular complexity index is 969. The van der Waals surface area contributed by atoms with Gasteiger partial charge in [0, 0.05) is 6.08 Å². The first-order valence-electron chi connectivity index (χ1n) is 8.10. The van der Waals surface area contributed by atoms with Crippen LogP contribution >= 0.6 is 0 Å². The van der Waals surface area contributed by atoms with Gasteiger partial charge in [-0.15, -0.1) is 0 Å². The van der Waals surface area contributed by atoms with E-state index >= 15 is 0 Å². The van der Waals surface area contributed by atoms with Crippen LogP contribution in [-0.2, 0) is 4.79 Å². The number of rotatable bonds is 5. The van der Waals surface area contributed by atoms with Crippen LogP contribution in [0.25, 0.3) is 16.8 Å². The number of hydrogen-bond acceptors (Lipinski definition) is 2. The Morgan fingerprint density at radius 1 is 1.00 bits per heavy atom. The van der Waals surface area contributed by atoms with Crippen LogP contribution < -0.4 is 5.32 Å². The molecule has 3 aromatic rings. The molecule has 0 bridgehead atoms. The molecule has 26 heavy (non-hydrogen) atoms. The number of carbonyl (C=O) groups is 1. The van der Waals surface area contributed by atoms with E-state index in [1.165, 1.54) is 18.2 Å². The second-order valence-corrected chi connectivity index (χ2v) is 5.86. The molecule has 0 heterocycles. The number of fused-ring (bicyclic) bond motifs is 1. The summed E-state index contributed by atoms with van der Waals surface area (Å²) < 4.78 is 26.1. The second-order valence-electron chi connectivity index (χ2n) is 5.86. The van der Waals surface area contributed by atoms with E-state index in [0.717, 1.165) is 28.5 Å². The molecule has 0 spiro atoms. The molecule has 0 saturated heterocycles. The fourth-order valence-corrected chi connectivity index (χ4v) is 2.67. The number of aliphatic hydroxyl groups excluding tert-OH is 1. The fourth-order valence-electron chi connectivity index (χ4n) is 2.67. The average molecular weight is 353 g/mol. The first-order valence-corrected chi connectivity index (χ1v) is 8.10. The number of hydrogen-bond donors (Lipinski definition) is 2. The van der Waals surface area contributed by atoms with Crippen LogP contribution in [0.15, 0.2) is 66.7 Å². The second kappa shape index (κ2) is 7.89. The van der Waals surface area contributed by atoms with Crippen LogP contribution in [-0.4, -0.2) is 17.6 Å². The highest BCUT2D eigenvalue weighted by Crippen LogP contribution is 2.20.